The third kappa shape index (κ3) is 2.10. The molecule has 0 saturated heterocycles. The fourth-order valence-electron chi connectivity index (χ4n) is 3.48. The van der Waals surface area contributed by atoms with Crippen LogP contribution in [0.15, 0.2) is 36.4 Å². The number of ether oxygens (including phenoxy) is 1. The van der Waals surface area contributed by atoms with Gasteiger partial charge in [0.1, 0.15) is 11.7 Å². The zero-order valence-electron chi connectivity index (χ0n) is 14.6. The Morgan fingerprint density at radius 2 is 1.50 bits per heavy atom. The lowest BCUT2D eigenvalue weighted by Gasteiger charge is -2.21. The van der Waals surface area contributed by atoms with Gasteiger partial charge in [-0.15, -0.1) is 0 Å². The van der Waals surface area contributed by atoms with Gasteiger partial charge in [-0.2, -0.15) is 0 Å². The molecule has 0 aromatic heterocycles. The molecular formula is C21H16O5. The summed E-state index contributed by atoms with van der Waals surface area (Å²) in [5.41, 5.74) is 0.492. The maximum absolute atomic E-state index is 13.0. The van der Waals surface area contributed by atoms with Crippen molar-refractivity contribution in [3.8, 4) is 5.75 Å². The smallest absolute Gasteiger partial charge is 0.326 e. The normalized spacial score (nSPS) is 18.1. The molecule has 1 heterocycles. The van der Waals surface area contributed by atoms with Crippen LogP contribution in [0, 0.1) is 5.41 Å². The quantitative estimate of drug-likeness (QED) is 0.384. The van der Waals surface area contributed by atoms with Crippen molar-refractivity contribution in [2.45, 2.75) is 26.7 Å². The van der Waals surface area contributed by atoms with Crippen LogP contribution in [0.2, 0.25) is 0 Å². The van der Waals surface area contributed by atoms with Crippen LogP contribution >= 0.6 is 0 Å². The standard InChI is InChI=1S/C21H16O5/c1-21(2,3)19(24)15-13-9-8-12-14(18(13)26-20(15)25)17(23)11-7-5-4-6-10(11)16(12)22/h4-9,15H,1-3H3. The van der Waals surface area contributed by atoms with Crippen molar-refractivity contribution >= 4 is 23.3 Å². The first-order valence-electron chi connectivity index (χ1n) is 8.33. The molecular weight excluding hydrogens is 332 g/mol. The first-order valence-corrected chi connectivity index (χ1v) is 8.33. The van der Waals surface area contributed by atoms with Gasteiger partial charge in [0.05, 0.1) is 5.56 Å². The summed E-state index contributed by atoms with van der Waals surface area (Å²) >= 11 is 0. The van der Waals surface area contributed by atoms with E-state index in [4.69, 9.17) is 4.74 Å². The highest BCUT2D eigenvalue weighted by Gasteiger charge is 2.46. The van der Waals surface area contributed by atoms with E-state index in [0.29, 0.717) is 11.1 Å². The molecule has 1 unspecified atom stereocenters. The minimum atomic E-state index is -1.07. The number of carbonyl (C=O) groups is 4. The Kier molecular flexibility index (Phi) is 3.28. The third-order valence-corrected chi connectivity index (χ3v) is 4.83. The van der Waals surface area contributed by atoms with Crippen molar-refractivity contribution in [3.05, 3.63) is 64.2 Å². The summed E-state index contributed by atoms with van der Waals surface area (Å²) in [6.07, 6.45) is 0. The zero-order chi connectivity index (χ0) is 18.8. The molecule has 1 atom stereocenters. The Morgan fingerprint density at radius 1 is 0.885 bits per heavy atom. The maximum atomic E-state index is 13.0. The van der Waals surface area contributed by atoms with E-state index in [1.807, 2.05) is 0 Å². The fraction of sp³-hybridized carbons (Fsp3) is 0.238. The highest BCUT2D eigenvalue weighted by Crippen LogP contribution is 2.44. The molecule has 0 radical (unpaired) electrons. The van der Waals surface area contributed by atoms with Crippen LogP contribution in [0.4, 0.5) is 0 Å². The molecule has 2 aromatic carbocycles. The SMILES string of the molecule is CC(C)(C)C(=O)C1C(=O)Oc2c1ccc1c2C(=O)c2ccccc2C1=O. The molecule has 130 valence electrons. The maximum Gasteiger partial charge on any atom is 0.326 e. The van der Waals surface area contributed by atoms with Crippen molar-refractivity contribution in [2.75, 3.05) is 0 Å². The summed E-state index contributed by atoms with van der Waals surface area (Å²) in [6, 6.07) is 9.61. The van der Waals surface area contributed by atoms with Gasteiger partial charge in [0.25, 0.3) is 0 Å². The predicted molar refractivity (Wildman–Crippen MR) is 92.6 cm³/mol. The van der Waals surface area contributed by atoms with E-state index in [-0.39, 0.29) is 39.8 Å². The number of esters is 1. The molecule has 2 aromatic rings. The van der Waals surface area contributed by atoms with Crippen molar-refractivity contribution < 1.29 is 23.9 Å². The topological polar surface area (TPSA) is 77.5 Å². The predicted octanol–water partition coefficient (Wildman–Crippen LogP) is 3.08. The van der Waals surface area contributed by atoms with E-state index in [9.17, 15) is 19.2 Å². The van der Waals surface area contributed by atoms with E-state index < -0.39 is 17.3 Å². The summed E-state index contributed by atoms with van der Waals surface area (Å²) in [7, 11) is 0. The Morgan fingerprint density at radius 3 is 2.12 bits per heavy atom. The van der Waals surface area contributed by atoms with E-state index >= 15 is 0 Å². The average molecular weight is 348 g/mol. The lowest BCUT2D eigenvalue weighted by Crippen LogP contribution is -2.30. The molecule has 5 heteroatoms. The fourth-order valence-corrected chi connectivity index (χ4v) is 3.48. The number of carbonyl (C=O) groups excluding carboxylic acids is 4. The number of ketones is 3. The number of fused-ring (bicyclic) bond motifs is 4. The van der Waals surface area contributed by atoms with Crippen LogP contribution in [0.25, 0.3) is 0 Å². The van der Waals surface area contributed by atoms with Crippen molar-refractivity contribution in [1.29, 1.82) is 0 Å². The van der Waals surface area contributed by atoms with Crippen molar-refractivity contribution in [1.82, 2.24) is 0 Å². The first-order chi connectivity index (χ1) is 12.2. The Hall–Kier alpha value is -3.08. The molecule has 5 nitrogen and oxygen atoms in total. The van der Waals surface area contributed by atoms with Gasteiger partial charge in [-0.25, -0.2) is 0 Å². The van der Waals surface area contributed by atoms with Gasteiger partial charge >= 0.3 is 5.97 Å². The van der Waals surface area contributed by atoms with Gasteiger partial charge in [0.2, 0.25) is 0 Å². The summed E-state index contributed by atoms with van der Waals surface area (Å²) in [4.78, 5) is 50.8. The number of rotatable bonds is 1. The Labute approximate surface area is 150 Å². The van der Waals surface area contributed by atoms with Gasteiger partial charge < -0.3 is 4.74 Å². The molecule has 0 spiro atoms. The molecule has 0 amide bonds. The van der Waals surface area contributed by atoms with Crippen molar-refractivity contribution in [3.63, 3.8) is 0 Å². The van der Waals surface area contributed by atoms with Crippen LogP contribution < -0.4 is 4.74 Å². The summed E-state index contributed by atoms with van der Waals surface area (Å²) in [6.45, 7) is 5.18. The van der Waals surface area contributed by atoms with Crippen LogP contribution in [0.1, 0.15) is 64.1 Å². The number of Topliss-reactive ketones (excluding diaryl/α,β-unsaturated/α-hetero) is 1. The summed E-state index contributed by atoms with van der Waals surface area (Å²) < 4.78 is 5.34. The van der Waals surface area contributed by atoms with Gasteiger partial charge in [-0.1, -0.05) is 51.1 Å². The average Bonchev–Trinajstić information content (AvgIpc) is 2.93. The van der Waals surface area contributed by atoms with Crippen LogP contribution in [0.5, 0.6) is 5.75 Å². The summed E-state index contributed by atoms with van der Waals surface area (Å²) in [5.74, 6) is -2.68. The minimum Gasteiger partial charge on any atom is -0.425 e. The monoisotopic (exact) mass is 348 g/mol. The molecule has 0 bridgehead atoms. The Balaban J connectivity index is 1.93. The lowest BCUT2D eigenvalue weighted by atomic mass is 9.78. The molecule has 4 rings (SSSR count). The van der Waals surface area contributed by atoms with Gasteiger partial charge in [0.15, 0.2) is 17.3 Å². The van der Waals surface area contributed by atoms with E-state index in [2.05, 4.69) is 0 Å². The number of benzene rings is 2. The molecule has 26 heavy (non-hydrogen) atoms. The molecule has 1 aliphatic carbocycles. The van der Waals surface area contributed by atoms with Crippen LogP contribution in [0.3, 0.4) is 0 Å². The third-order valence-electron chi connectivity index (χ3n) is 4.83. The van der Waals surface area contributed by atoms with E-state index in [1.165, 1.54) is 6.07 Å². The molecule has 0 fully saturated rings. The van der Waals surface area contributed by atoms with Crippen LogP contribution in [-0.4, -0.2) is 23.3 Å². The van der Waals surface area contributed by atoms with Gasteiger partial charge in [-0.05, 0) is 6.07 Å². The summed E-state index contributed by atoms with van der Waals surface area (Å²) in [5, 5.41) is 0. The Bertz CT molecular complexity index is 1020. The zero-order valence-corrected chi connectivity index (χ0v) is 14.6. The highest BCUT2D eigenvalue weighted by atomic mass is 16.5. The van der Waals surface area contributed by atoms with Gasteiger partial charge in [-0.3, -0.25) is 19.2 Å². The first kappa shape index (κ1) is 16.4. The second-order valence-electron chi connectivity index (χ2n) is 7.58. The molecule has 0 N–H and O–H groups in total. The van der Waals surface area contributed by atoms with Crippen LogP contribution in [-0.2, 0) is 9.59 Å². The largest absolute Gasteiger partial charge is 0.425 e. The number of hydrogen-bond donors (Lipinski definition) is 0. The van der Waals surface area contributed by atoms with Gasteiger partial charge in [0, 0.05) is 27.7 Å². The lowest BCUT2D eigenvalue weighted by molar-refractivity contribution is -0.140. The minimum absolute atomic E-state index is 0.0444. The number of hydrogen-bond acceptors (Lipinski definition) is 5. The molecule has 1 aliphatic heterocycles. The highest BCUT2D eigenvalue weighted by molar-refractivity contribution is 6.30. The van der Waals surface area contributed by atoms with Crippen molar-refractivity contribution in [2.24, 2.45) is 5.41 Å². The molecule has 2 aliphatic rings. The second kappa shape index (κ2) is 5.21. The van der Waals surface area contributed by atoms with E-state index in [0.717, 1.165) is 0 Å². The molecule has 0 saturated carbocycles. The van der Waals surface area contributed by atoms with E-state index in [1.54, 1.807) is 51.1 Å². The second-order valence-corrected chi connectivity index (χ2v) is 7.58.